The number of nitrogens with one attached hydrogen (secondary N) is 1. The topological polar surface area (TPSA) is 77.5 Å². The molecule has 6 nitrogen and oxygen atoms in total. The largest absolute Gasteiger partial charge is 0.457 e. The van der Waals surface area contributed by atoms with Gasteiger partial charge in [-0.2, -0.15) is 0 Å². The summed E-state index contributed by atoms with van der Waals surface area (Å²) in [6, 6.07) is 27.2. The fourth-order valence-corrected chi connectivity index (χ4v) is 2.93. The first-order valence-corrected chi connectivity index (χ1v) is 9.79. The number of carbonyl (C=O) groups excluding carboxylic acids is 2. The fraction of sp³-hybridized carbons (Fsp3) is 0.0800. The molecule has 0 fully saturated rings. The van der Waals surface area contributed by atoms with Crippen LogP contribution in [-0.2, 0) is 9.53 Å². The van der Waals surface area contributed by atoms with Crippen LogP contribution in [0.5, 0.6) is 11.5 Å². The predicted molar refractivity (Wildman–Crippen MR) is 118 cm³/mol. The van der Waals surface area contributed by atoms with Crippen molar-refractivity contribution in [1.82, 2.24) is 4.98 Å². The number of hydrogen-bond donors (Lipinski definition) is 1. The summed E-state index contributed by atoms with van der Waals surface area (Å²) in [5.41, 5.74) is 1.41. The second-order valence-corrected chi connectivity index (χ2v) is 6.87. The molecule has 1 amide bonds. The zero-order chi connectivity index (χ0) is 21.6. The Kier molecular flexibility index (Phi) is 5.89. The van der Waals surface area contributed by atoms with Crippen molar-refractivity contribution in [3.8, 4) is 11.5 Å². The number of hydrogen-bond acceptors (Lipinski definition) is 5. The molecule has 1 heterocycles. The number of pyridine rings is 1. The van der Waals surface area contributed by atoms with Gasteiger partial charge < -0.3 is 14.8 Å². The van der Waals surface area contributed by atoms with Crippen molar-refractivity contribution >= 4 is 28.5 Å². The van der Waals surface area contributed by atoms with Gasteiger partial charge in [0.25, 0.3) is 5.91 Å². The van der Waals surface area contributed by atoms with Crippen molar-refractivity contribution < 1.29 is 19.1 Å². The summed E-state index contributed by atoms with van der Waals surface area (Å²) < 4.78 is 11.0. The van der Waals surface area contributed by atoms with Gasteiger partial charge in [-0.15, -0.1) is 0 Å². The molecule has 1 aromatic heterocycles. The van der Waals surface area contributed by atoms with E-state index in [2.05, 4.69) is 10.3 Å². The van der Waals surface area contributed by atoms with Gasteiger partial charge in [0.2, 0.25) is 0 Å². The molecule has 1 atom stereocenters. The molecule has 6 heteroatoms. The number of anilines is 1. The van der Waals surface area contributed by atoms with Gasteiger partial charge in [0.05, 0.1) is 5.52 Å². The Balaban J connectivity index is 1.34. The Bertz CT molecular complexity index is 1210. The van der Waals surface area contributed by atoms with Crippen LogP contribution in [0, 0.1) is 0 Å². The summed E-state index contributed by atoms with van der Waals surface area (Å²) >= 11 is 0. The Morgan fingerprint density at radius 2 is 1.48 bits per heavy atom. The van der Waals surface area contributed by atoms with Gasteiger partial charge >= 0.3 is 5.97 Å². The molecule has 31 heavy (non-hydrogen) atoms. The van der Waals surface area contributed by atoms with E-state index in [9.17, 15) is 9.59 Å². The lowest BCUT2D eigenvalue weighted by Crippen LogP contribution is -2.30. The molecule has 1 unspecified atom stereocenters. The number of esters is 1. The highest BCUT2D eigenvalue weighted by atomic mass is 16.5. The first-order valence-electron chi connectivity index (χ1n) is 9.79. The summed E-state index contributed by atoms with van der Waals surface area (Å²) in [6.45, 7) is 1.52. The highest BCUT2D eigenvalue weighted by molar-refractivity contribution is 5.97. The molecule has 0 aliphatic heterocycles. The molecule has 0 bridgehead atoms. The Morgan fingerprint density at radius 3 is 2.26 bits per heavy atom. The molecule has 0 aliphatic rings. The summed E-state index contributed by atoms with van der Waals surface area (Å²) in [5.74, 6) is 0.277. The number of ether oxygens (including phenoxy) is 2. The second-order valence-electron chi connectivity index (χ2n) is 6.87. The first-order chi connectivity index (χ1) is 15.1. The number of benzene rings is 3. The second kappa shape index (κ2) is 9.09. The molecular formula is C25H20N2O4. The van der Waals surface area contributed by atoms with Crippen LogP contribution in [0.1, 0.15) is 17.4 Å². The molecule has 4 rings (SSSR count). The predicted octanol–water partition coefficient (Wildman–Crippen LogP) is 5.21. The number of rotatable bonds is 6. The van der Waals surface area contributed by atoms with Crippen molar-refractivity contribution in [1.29, 1.82) is 0 Å². The Morgan fingerprint density at radius 1 is 0.806 bits per heavy atom. The molecule has 3 aromatic carbocycles. The van der Waals surface area contributed by atoms with Crippen LogP contribution in [0.15, 0.2) is 91.0 Å². The van der Waals surface area contributed by atoms with Gasteiger partial charge in [-0.25, -0.2) is 9.78 Å². The zero-order valence-electron chi connectivity index (χ0n) is 16.8. The summed E-state index contributed by atoms with van der Waals surface area (Å²) in [4.78, 5) is 29.1. The van der Waals surface area contributed by atoms with E-state index < -0.39 is 18.0 Å². The third-order valence-electron chi connectivity index (χ3n) is 4.56. The number of aromatic nitrogens is 1. The van der Waals surface area contributed by atoms with Gasteiger partial charge in [-0.3, -0.25) is 4.79 Å². The summed E-state index contributed by atoms with van der Waals surface area (Å²) in [5, 5.41) is 3.65. The third kappa shape index (κ3) is 5.05. The number of nitrogens with zero attached hydrogens (tertiary/aromatic N) is 1. The van der Waals surface area contributed by atoms with E-state index in [1.165, 1.54) is 6.92 Å². The Hall–Kier alpha value is -4.19. The van der Waals surface area contributed by atoms with Crippen LogP contribution in [0.3, 0.4) is 0 Å². The minimum absolute atomic E-state index is 0.153. The number of amides is 1. The first kappa shape index (κ1) is 20.1. The van der Waals surface area contributed by atoms with Crippen molar-refractivity contribution in [3.05, 3.63) is 96.7 Å². The van der Waals surface area contributed by atoms with Gasteiger partial charge in [0, 0.05) is 11.1 Å². The summed E-state index contributed by atoms with van der Waals surface area (Å²) in [7, 11) is 0. The molecule has 154 valence electrons. The van der Waals surface area contributed by atoms with E-state index in [1.54, 1.807) is 36.4 Å². The highest BCUT2D eigenvalue weighted by Crippen LogP contribution is 2.22. The Labute approximate surface area is 179 Å². The van der Waals surface area contributed by atoms with Crippen LogP contribution < -0.4 is 10.1 Å². The lowest BCUT2D eigenvalue weighted by atomic mass is 10.2. The maximum Gasteiger partial charge on any atom is 0.357 e. The number of para-hydroxylation sites is 2. The molecule has 0 saturated carbocycles. The standard InChI is InChI=1S/C25H20N2O4/c1-17(30-25(29)23-16-11-18-7-5-6-10-22(18)27-23)24(28)26-19-12-14-21(15-13-19)31-20-8-3-2-4-9-20/h2-17H,1H3,(H,26,28). The van der Waals surface area contributed by atoms with E-state index in [-0.39, 0.29) is 5.69 Å². The maximum absolute atomic E-state index is 12.4. The zero-order valence-corrected chi connectivity index (χ0v) is 16.8. The molecule has 4 aromatic rings. The van der Waals surface area contributed by atoms with E-state index in [4.69, 9.17) is 9.47 Å². The van der Waals surface area contributed by atoms with Crippen molar-refractivity contribution in [2.75, 3.05) is 5.32 Å². The molecular weight excluding hydrogens is 392 g/mol. The molecule has 0 spiro atoms. The van der Waals surface area contributed by atoms with E-state index in [0.29, 0.717) is 17.0 Å². The maximum atomic E-state index is 12.4. The molecule has 0 saturated heterocycles. The SMILES string of the molecule is CC(OC(=O)c1ccc2ccccc2n1)C(=O)Nc1ccc(Oc2ccccc2)cc1. The summed E-state index contributed by atoms with van der Waals surface area (Å²) in [6.07, 6.45) is -0.985. The van der Waals surface area contributed by atoms with Crippen molar-refractivity contribution in [3.63, 3.8) is 0 Å². The van der Waals surface area contributed by atoms with E-state index in [0.717, 1.165) is 11.1 Å². The monoisotopic (exact) mass is 412 g/mol. The van der Waals surface area contributed by atoms with Crippen LogP contribution in [-0.4, -0.2) is 23.0 Å². The lowest BCUT2D eigenvalue weighted by molar-refractivity contribution is -0.123. The average Bonchev–Trinajstić information content (AvgIpc) is 2.80. The minimum Gasteiger partial charge on any atom is -0.457 e. The fourth-order valence-electron chi connectivity index (χ4n) is 2.93. The lowest BCUT2D eigenvalue weighted by Gasteiger charge is -2.14. The number of carbonyl (C=O) groups is 2. The van der Waals surface area contributed by atoms with Crippen LogP contribution in [0.2, 0.25) is 0 Å². The van der Waals surface area contributed by atoms with Gasteiger partial charge in [-0.1, -0.05) is 42.5 Å². The third-order valence-corrected chi connectivity index (χ3v) is 4.56. The minimum atomic E-state index is -0.985. The average molecular weight is 412 g/mol. The number of fused-ring (bicyclic) bond motifs is 1. The van der Waals surface area contributed by atoms with Crippen molar-refractivity contribution in [2.24, 2.45) is 0 Å². The van der Waals surface area contributed by atoms with E-state index in [1.807, 2.05) is 54.6 Å². The van der Waals surface area contributed by atoms with Crippen LogP contribution >= 0.6 is 0 Å². The highest BCUT2D eigenvalue weighted by Gasteiger charge is 2.20. The van der Waals surface area contributed by atoms with E-state index >= 15 is 0 Å². The van der Waals surface area contributed by atoms with Crippen LogP contribution in [0.25, 0.3) is 10.9 Å². The quantitative estimate of drug-likeness (QED) is 0.440. The molecule has 0 radical (unpaired) electrons. The smallest absolute Gasteiger partial charge is 0.357 e. The molecule has 0 aliphatic carbocycles. The molecule has 1 N–H and O–H groups in total. The van der Waals surface area contributed by atoms with Gasteiger partial charge in [0.1, 0.15) is 17.2 Å². The normalized spacial score (nSPS) is 11.5. The van der Waals surface area contributed by atoms with Crippen LogP contribution in [0.4, 0.5) is 5.69 Å². The van der Waals surface area contributed by atoms with Crippen molar-refractivity contribution in [2.45, 2.75) is 13.0 Å². The van der Waals surface area contributed by atoms with Gasteiger partial charge in [0.15, 0.2) is 6.10 Å². The van der Waals surface area contributed by atoms with Gasteiger partial charge in [-0.05, 0) is 55.5 Å².